The third-order valence-corrected chi connectivity index (χ3v) is 4.32. The van der Waals surface area contributed by atoms with E-state index in [2.05, 4.69) is 10.0 Å². The Balaban J connectivity index is 2.90. The summed E-state index contributed by atoms with van der Waals surface area (Å²) in [5, 5.41) is 3.50. The van der Waals surface area contributed by atoms with Crippen LogP contribution in [0.3, 0.4) is 0 Å². The lowest BCUT2D eigenvalue weighted by Gasteiger charge is -2.13. The zero-order chi connectivity index (χ0) is 13.1. The topological polar surface area (TPSA) is 58.2 Å². The van der Waals surface area contributed by atoms with Crippen molar-refractivity contribution in [1.29, 1.82) is 0 Å². The first-order valence-corrected chi connectivity index (χ1v) is 7.16. The summed E-state index contributed by atoms with van der Waals surface area (Å²) in [5.41, 5.74) is 0.641. The van der Waals surface area contributed by atoms with Crippen molar-refractivity contribution in [3.05, 3.63) is 28.8 Å². The van der Waals surface area contributed by atoms with E-state index in [1.807, 2.05) is 6.92 Å². The fourth-order valence-corrected chi connectivity index (χ4v) is 2.91. The Morgan fingerprint density at radius 1 is 1.41 bits per heavy atom. The van der Waals surface area contributed by atoms with Crippen molar-refractivity contribution in [2.75, 3.05) is 13.6 Å². The number of nitrogens with one attached hydrogen (secondary N) is 2. The lowest BCUT2D eigenvalue weighted by molar-refractivity contribution is 0.554. The van der Waals surface area contributed by atoms with E-state index in [0.29, 0.717) is 17.1 Å². The molecule has 0 heterocycles. The molecule has 0 aliphatic heterocycles. The first-order valence-electron chi connectivity index (χ1n) is 5.30. The molecule has 0 bridgehead atoms. The van der Waals surface area contributed by atoms with Crippen LogP contribution in [0.5, 0.6) is 0 Å². The SMILES string of the molecule is CNC(C)CNS(=O)(=O)c1ccc(Cl)cc1C. The number of aryl methyl sites for hydroxylation is 1. The lowest BCUT2D eigenvalue weighted by atomic mass is 10.2. The Hall–Kier alpha value is -0.620. The van der Waals surface area contributed by atoms with Crippen LogP contribution < -0.4 is 10.0 Å². The van der Waals surface area contributed by atoms with Gasteiger partial charge in [-0.1, -0.05) is 11.6 Å². The number of rotatable bonds is 5. The maximum absolute atomic E-state index is 12.0. The molecule has 0 saturated heterocycles. The normalized spacial score (nSPS) is 13.6. The highest BCUT2D eigenvalue weighted by molar-refractivity contribution is 7.89. The number of sulfonamides is 1. The molecule has 17 heavy (non-hydrogen) atoms. The monoisotopic (exact) mass is 276 g/mol. The molecule has 0 spiro atoms. The van der Waals surface area contributed by atoms with Gasteiger partial charge in [-0.2, -0.15) is 0 Å². The minimum Gasteiger partial charge on any atom is -0.316 e. The van der Waals surface area contributed by atoms with Gasteiger partial charge in [-0.05, 0) is 44.7 Å². The number of likely N-dealkylation sites (N-methyl/N-ethyl adjacent to an activating group) is 1. The van der Waals surface area contributed by atoms with Crippen molar-refractivity contribution in [2.24, 2.45) is 0 Å². The van der Waals surface area contributed by atoms with Gasteiger partial charge in [0.05, 0.1) is 4.90 Å². The van der Waals surface area contributed by atoms with Crippen LogP contribution in [-0.2, 0) is 10.0 Å². The van der Waals surface area contributed by atoms with E-state index in [-0.39, 0.29) is 10.9 Å². The molecule has 0 aliphatic rings. The van der Waals surface area contributed by atoms with Crippen molar-refractivity contribution >= 4 is 21.6 Å². The fraction of sp³-hybridized carbons (Fsp3) is 0.455. The predicted octanol–water partition coefficient (Wildman–Crippen LogP) is 1.53. The van der Waals surface area contributed by atoms with Gasteiger partial charge >= 0.3 is 0 Å². The van der Waals surface area contributed by atoms with Gasteiger partial charge in [0, 0.05) is 17.6 Å². The molecule has 0 radical (unpaired) electrons. The van der Waals surface area contributed by atoms with Gasteiger partial charge in [-0.15, -0.1) is 0 Å². The molecule has 1 aromatic rings. The molecule has 0 saturated carbocycles. The molecular weight excluding hydrogens is 260 g/mol. The molecule has 1 atom stereocenters. The number of hydrogen-bond acceptors (Lipinski definition) is 3. The number of hydrogen-bond donors (Lipinski definition) is 2. The Bertz CT molecular complexity index is 488. The highest BCUT2D eigenvalue weighted by Crippen LogP contribution is 2.19. The molecule has 2 N–H and O–H groups in total. The zero-order valence-corrected chi connectivity index (χ0v) is 11.7. The van der Waals surface area contributed by atoms with Crippen molar-refractivity contribution in [1.82, 2.24) is 10.0 Å². The first kappa shape index (κ1) is 14.4. The fourth-order valence-electron chi connectivity index (χ4n) is 1.33. The van der Waals surface area contributed by atoms with Crippen LogP contribution in [0.1, 0.15) is 12.5 Å². The van der Waals surface area contributed by atoms with Gasteiger partial charge in [0.15, 0.2) is 0 Å². The number of benzene rings is 1. The van der Waals surface area contributed by atoms with Gasteiger partial charge in [-0.3, -0.25) is 0 Å². The van der Waals surface area contributed by atoms with E-state index < -0.39 is 10.0 Å². The molecule has 1 unspecified atom stereocenters. The summed E-state index contributed by atoms with van der Waals surface area (Å²) in [6.45, 7) is 3.97. The molecular formula is C11H17ClN2O2S. The quantitative estimate of drug-likeness (QED) is 0.858. The van der Waals surface area contributed by atoms with E-state index in [9.17, 15) is 8.42 Å². The molecule has 0 aliphatic carbocycles. The predicted molar refractivity (Wildman–Crippen MR) is 69.9 cm³/mol. The summed E-state index contributed by atoms with van der Waals surface area (Å²) in [4.78, 5) is 0.269. The third kappa shape index (κ3) is 3.96. The van der Waals surface area contributed by atoms with Crippen LogP contribution in [0.2, 0.25) is 5.02 Å². The third-order valence-electron chi connectivity index (χ3n) is 2.50. The van der Waals surface area contributed by atoms with Gasteiger partial charge in [0.25, 0.3) is 0 Å². The molecule has 96 valence electrons. The summed E-state index contributed by atoms with van der Waals surface area (Å²) in [5.74, 6) is 0. The Morgan fingerprint density at radius 3 is 2.59 bits per heavy atom. The standard InChI is InChI=1S/C11H17ClN2O2S/c1-8-6-10(12)4-5-11(8)17(15,16)14-7-9(2)13-3/h4-6,9,13-14H,7H2,1-3H3. The van der Waals surface area contributed by atoms with Crippen molar-refractivity contribution in [3.63, 3.8) is 0 Å². The van der Waals surface area contributed by atoms with Crippen LogP contribution in [0.4, 0.5) is 0 Å². The Labute approximate surface area is 107 Å². The molecule has 0 aromatic heterocycles. The molecule has 6 heteroatoms. The lowest BCUT2D eigenvalue weighted by Crippen LogP contribution is -2.37. The van der Waals surface area contributed by atoms with Crippen molar-refractivity contribution in [2.45, 2.75) is 24.8 Å². The maximum atomic E-state index is 12.0. The maximum Gasteiger partial charge on any atom is 0.240 e. The van der Waals surface area contributed by atoms with Gasteiger partial charge < -0.3 is 5.32 Å². The largest absolute Gasteiger partial charge is 0.316 e. The summed E-state index contributed by atoms with van der Waals surface area (Å²) in [6, 6.07) is 4.81. The highest BCUT2D eigenvalue weighted by atomic mass is 35.5. The average Bonchev–Trinajstić information content (AvgIpc) is 2.25. The summed E-state index contributed by atoms with van der Waals surface area (Å²) < 4.78 is 26.6. The van der Waals surface area contributed by atoms with Crippen LogP contribution in [0.25, 0.3) is 0 Å². The van der Waals surface area contributed by atoms with Gasteiger partial charge in [-0.25, -0.2) is 13.1 Å². The van der Waals surface area contributed by atoms with E-state index in [1.54, 1.807) is 26.1 Å². The van der Waals surface area contributed by atoms with E-state index >= 15 is 0 Å². The summed E-state index contributed by atoms with van der Waals surface area (Å²) >= 11 is 5.79. The Morgan fingerprint density at radius 2 is 2.06 bits per heavy atom. The minimum atomic E-state index is -3.46. The zero-order valence-electron chi connectivity index (χ0n) is 10.1. The Kier molecular flexibility index (Phi) is 4.94. The van der Waals surface area contributed by atoms with E-state index in [1.165, 1.54) is 6.07 Å². The van der Waals surface area contributed by atoms with Crippen LogP contribution in [-0.4, -0.2) is 28.1 Å². The highest BCUT2D eigenvalue weighted by Gasteiger charge is 2.17. The molecule has 4 nitrogen and oxygen atoms in total. The van der Waals surface area contributed by atoms with Crippen molar-refractivity contribution in [3.8, 4) is 0 Å². The van der Waals surface area contributed by atoms with Crippen LogP contribution in [0.15, 0.2) is 23.1 Å². The molecule has 0 amide bonds. The first-order chi connectivity index (χ1) is 7.86. The van der Waals surface area contributed by atoms with Crippen LogP contribution in [0, 0.1) is 6.92 Å². The minimum absolute atomic E-state index is 0.0809. The molecule has 0 fully saturated rings. The average molecular weight is 277 g/mol. The second-order valence-electron chi connectivity index (χ2n) is 3.95. The molecule has 1 rings (SSSR count). The second-order valence-corrected chi connectivity index (χ2v) is 6.12. The number of halogens is 1. The second kappa shape index (κ2) is 5.82. The van der Waals surface area contributed by atoms with Crippen LogP contribution >= 0.6 is 11.6 Å². The summed E-state index contributed by atoms with van der Waals surface area (Å²) in [6.07, 6.45) is 0. The van der Waals surface area contributed by atoms with Crippen molar-refractivity contribution < 1.29 is 8.42 Å². The van der Waals surface area contributed by atoms with Gasteiger partial charge in [0.1, 0.15) is 0 Å². The smallest absolute Gasteiger partial charge is 0.240 e. The van der Waals surface area contributed by atoms with Gasteiger partial charge in [0.2, 0.25) is 10.0 Å². The molecule has 1 aromatic carbocycles. The van der Waals surface area contributed by atoms with E-state index in [0.717, 1.165) is 0 Å². The van der Waals surface area contributed by atoms with E-state index in [4.69, 9.17) is 11.6 Å². The summed E-state index contributed by atoms with van der Waals surface area (Å²) in [7, 11) is -1.68.